The smallest absolute Gasteiger partial charge is 0.199 e. The average Bonchev–Trinajstić information content (AvgIpc) is 3.03. The van der Waals surface area contributed by atoms with Crippen LogP contribution >= 0.6 is 0 Å². The Hall–Kier alpha value is -2.93. The van der Waals surface area contributed by atoms with Gasteiger partial charge in [0.2, 0.25) is 0 Å². The van der Waals surface area contributed by atoms with Gasteiger partial charge >= 0.3 is 0 Å². The third-order valence-electron chi connectivity index (χ3n) is 4.70. The molecule has 25 heavy (non-hydrogen) atoms. The molecule has 0 spiro atoms. The summed E-state index contributed by atoms with van der Waals surface area (Å²) in [6.45, 7) is 0. The van der Waals surface area contributed by atoms with Gasteiger partial charge in [-0.25, -0.2) is 9.37 Å². The zero-order valence-electron chi connectivity index (χ0n) is 13.7. The lowest BCUT2D eigenvalue weighted by atomic mass is 9.84. The first-order chi connectivity index (χ1) is 12.2. The molecule has 1 atom stereocenters. The van der Waals surface area contributed by atoms with Gasteiger partial charge in [-0.2, -0.15) is 5.26 Å². The molecule has 124 valence electrons. The summed E-state index contributed by atoms with van der Waals surface area (Å²) in [5.41, 5.74) is 3.37. The Morgan fingerprint density at radius 3 is 2.84 bits per heavy atom. The highest BCUT2D eigenvalue weighted by molar-refractivity contribution is 5.36. The summed E-state index contributed by atoms with van der Waals surface area (Å²) in [6, 6.07) is 16.7. The van der Waals surface area contributed by atoms with E-state index >= 15 is 0 Å². The molecule has 0 radical (unpaired) electrons. The molecular weight excluding hydrogens is 315 g/mol. The van der Waals surface area contributed by atoms with Crippen molar-refractivity contribution in [2.45, 2.75) is 31.6 Å². The minimum Gasteiger partial charge on any atom is -0.445 e. The van der Waals surface area contributed by atoms with Gasteiger partial charge in [0.1, 0.15) is 11.6 Å². The van der Waals surface area contributed by atoms with Crippen molar-refractivity contribution in [2.24, 2.45) is 0 Å². The number of oxazole rings is 1. The zero-order chi connectivity index (χ0) is 17.2. The minimum atomic E-state index is -0.357. The van der Waals surface area contributed by atoms with Crippen LogP contribution in [-0.4, -0.2) is 4.98 Å². The molecule has 1 unspecified atom stereocenters. The predicted molar refractivity (Wildman–Crippen MR) is 91.6 cm³/mol. The van der Waals surface area contributed by atoms with Crippen LogP contribution in [0.15, 0.2) is 52.9 Å². The molecule has 1 aliphatic carbocycles. The maximum absolute atomic E-state index is 13.7. The predicted octanol–water partition coefficient (Wildman–Crippen LogP) is 4.55. The van der Waals surface area contributed by atoms with E-state index in [2.05, 4.69) is 17.1 Å². The maximum atomic E-state index is 13.7. The van der Waals surface area contributed by atoms with E-state index in [1.807, 2.05) is 24.3 Å². The molecule has 0 fully saturated rings. The summed E-state index contributed by atoms with van der Waals surface area (Å²) in [6.07, 6.45) is 3.07. The first kappa shape index (κ1) is 15.6. The summed E-state index contributed by atoms with van der Waals surface area (Å²) in [5, 5.41) is 9.04. The lowest BCUT2D eigenvalue weighted by Gasteiger charge is -2.20. The van der Waals surface area contributed by atoms with Crippen LogP contribution in [0.5, 0.6) is 0 Å². The van der Waals surface area contributed by atoms with E-state index in [1.54, 1.807) is 6.07 Å². The third-order valence-corrected chi connectivity index (χ3v) is 4.70. The fraction of sp³-hybridized carbons (Fsp3) is 0.238. The van der Waals surface area contributed by atoms with Crippen LogP contribution in [0.3, 0.4) is 0 Å². The van der Waals surface area contributed by atoms with Gasteiger partial charge in [0.25, 0.3) is 0 Å². The van der Waals surface area contributed by atoms with E-state index in [1.165, 1.54) is 17.7 Å². The summed E-state index contributed by atoms with van der Waals surface area (Å²) >= 11 is 0. The van der Waals surface area contributed by atoms with Crippen LogP contribution < -0.4 is 0 Å². The van der Waals surface area contributed by atoms with Crippen molar-refractivity contribution in [3.8, 4) is 6.07 Å². The fourth-order valence-electron chi connectivity index (χ4n) is 3.48. The summed E-state index contributed by atoms with van der Waals surface area (Å²) in [4.78, 5) is 4.66. The molecule has 0 aliphatic heterocycles. The Bertz CT molecular complexity index is 940. The van der Waals surface area contributed by atoms with E-state index in [4.69, 9.17) is 9.68 Å². The van der Waals surface area contributed by atoms with Gasteiger partial charge in [-0.1, -0.05) is 30.3 Å². The van der Waals surface area contributed by atoms with E-state index in [0.717, 1.165) is 42.2 Å². The van der Waals surface area contributed by atoms with Crippen LogP contribution in [0.25, 0.3) is 0 Å². The molecule has 1 aliphatic rings. The second-order valence-corrected chi connectivity index (χ2v) is 6.46. The summed E-state index contributed by atoms with van der Waals surface area (Å²) in [7, 11) is 0. The largest absolute Gasteiger partial charge is 0.445 e. The second-order valence-electron chi connectivity index (χ2n) is 6.46. The number of aromatic nitrogens is 1. The van der Waals surface area contributed by atoms with Crippen molar-refractivity contribution in [1.82, 2.24) is 4.98 Å². The van der Waals surface area contributed by atoms with E-state index in [-0.39, 0.29) is 11.7 Å². The number of nitriles is 1. The highest BCUT2D eigenvalue weighted by atomic mass is 19.1. The molecule has 1 heterocycles. The molecule has 4 heteroatoms. The monoisotopic (exact) mass is 332 g/mol. The number of benzene rings is 2. The molecule has 0 bridgehead atoms. The van der Waals surface area contributed by atoms with Crippen molar-refractivity contribution >= 4 is 0 Å². The van der Waals surface area contributed by atoms with Crippen LogP contribution in [-0.2, 0) is 19.3 Å². The van der Waals surface area contributed by atoms with Gasteiger partial charge in [-0.3, -0.25) is 0 Å². The van der Waals surface area contributed by atoms with Crippen LogP contribution in [0.1, 0.15) is 46.4 Å². The van der Waals surface area contributed by atoms with Gasteiger partial charge in [0.05, 0.1) is 17.3 Å². The molecule has 3 nitrogen and oxygen atoms in total. The quantitative estimate of drug-likeness (QED) is 0.707. The van der Waals surface area contributed by atoms with Crippen molar-refractivity contribution in [3.63, 3.8) is 0 Å². The van der Waals surface area contributed by atoms with Gasteiger partial charge in [-0.05, 0) is 41.7 Å². The van der Waals surface area contributed by atoms with E-state index < -0.39 is 0 Å². The number of hydrogen-bond donors (Lipinski definition) is 0. The van der Waals surface area contributed by atoms with Crippen LogP contribution in [0.2, 0.25) is 0 Å². The Balaban J connectivity index is 1.56. The van der Waals surface area contributed by atoms with Gasteiger partial charge < -0.3 is 4.42 Å². The molecular formula is C21H17FN2O. The Labute approximate surface area is 145 Å². The van der Waals surface area contributed by atoms with Gasteiger partial charge in [-0.15, -0.1) is 0 Å². The van der Waals surface area contributed by atoms with Crippen molar-refractivity contribution < 1.29 is 8.81 Å². The van der Waals surface area contributed by atoms with Crippen molar-refractivity contribution in [2.75, 3.05) is 0 Å². The lowest BCUT2D eigenvalue weighted by molar-refractivity contribution is 0.433. The number of aryl methyl sites for hydroxylation is 1. The Morgan fingerprint density at radius 1 is 1.20 bits per heavy atom. The second kappa shape index (κ2) is 6.52. The number of fused-ring (bicyclic) bond motifs is 1. The number of hydrogen-bond acceptors (Lipinski definition) is 3. The number of halogens is 1. The molecule has 0 amide bonds. The molecule has 0 N–H and O–H groups in total. The normalized spacial score (nSPS) is 16.2. The SMILES string of the molecule is N#Cc1cc(F)cc(C2CCc3oc(Cc4ccccc4)nc3C2)c1. The highest BCUT2D eigenvalue weighted by Gasteiger charge is 2.25. The van der Waals surface area contributed by atoms with Crippen LogP contribution in [0, 0.1) is 17.1 Å². The lowest BCUT2D eigenvalue weighted by Crippen LogP contribution is -2.12. The first-order valence-corrected chi connectivity index (χ1v) is 8.43. The summed E-state index contributed by atoms with van der Waals surface area (Å²) in [5.74, 6) is 1.49. The Kier molecular flexibility index (Phi) is 4.07. The molecule has 0 saturated heterocycles. The molecule has 0 saturated carbocycles. The standard InChI is InChI=1S/C21H17FN2O/c22-18-9-15(13-23)8-17(11-18)16-6-7-20-19(12-16)24-21(25-20)10-14-4-2-1-3-5-14/h1-5,8-9,11,16H,6-7,10,12H2. The topological polar surface area (TPSA) is 49.8 Å². The van der Waals surface area contributed by atoms with Gasteiger partial charge in [0.15, 0.2) is 5.89 Å². The Morgan fingerprint density at radius 2 is 2.04 bits per heavy atom. The highest BCUT2D eigenvalue weighted by Crippen LogP contribution is 2.33. The first-order valence-electron chi connectivity index (χ1n) is 8.43. The van der Waals surface area contributed by atoms with Gasteiger partial charge in [0, 0.05) is 19.3 Å². The van der Waals surface area contributed by atoms with E-state index in [9.17, 15) is 4.39 Å². The minimum absolute atomic E-state index is 0.171. The maximum Gasteiger partial charge on any atom is 0.199 e. The van der Waals surface area contributed by atoms with Crippen LogP contribution in [0.4, 0.5) is 4.39 Å². The molecule has 1 aromatic heterocycles. The number of rotatable bonds is 3. The fourth-order valence-corrected chi connectivity index (χ4v) is 3.48. The summed E-state index contributed by atoms with van der Waals surface area (Å²) < 4.78 is 19.7. The number of nitrogens with zero attached hydrogens (tertiary/aromatic N) is 2. The molecule has 4 rings (SSSR count). The average molecular weight is 332 g/mol. The molecule has 3 aromatic rings. The molecule has 2 aromatic carbocycles. The van der Waals surface area contributed by atoms with E-state index in [0.29, 0.717) is 12.0 Å². The zero-order valence-corrected chi connectivity index (χ0v) is 13.7. The third kappa shape index (κ3) is 3.32. The van der Waals surface area contributed by atoms with Crippen molar-refractivity contribution in [1.29, 1.82) is 5.26 Å². The van der Waals surface area contributed by atoms with Crippen molar-refractivity contribution in [3.05, 3.63) is 88.4 Å².